The zero-order chi connectivity index (χ0) is 20.9. The highest BCUT2D eigenvalue weighted by molar-refractivity contribution is 6.32. The molecule has 2 atom stereocenters. The van der Waals surface area contributed by atoms with Gasteiger partial charge in [-0.2, -0.15) is 0 Å². The summed E-state index contributed by atoms with van der Waals surface area (Å²) in [6.07, 6.45) is 2.50. The van der Waals surface area contributed by atoms with Gasteiger partial charge in [-0.05, 0) is 24.1 Å². The van der Waals surface area contributed by atoms with E-state index in [9.17, 15) is 0 Å². The topological polar surface area (TPSA) is 101 Å². The fourth-order valence-corrected chi connectivity index (χ4v) is 4.21. The smallest absolute Gasteiger partial charge is 0.177 e. The second-order valence-electron chi connectivity index (χ2n) is 7.87. The van der Waals surface area contributed by atoms with Crippen molar-refractivity contribution in [3.63, 3.8) is 0 Å². The largest absolute Gasteiger partial charge is 0.398 e. The lowest BCUT2D eigenvalue weighted by atomic mass is 9.98. The molecule has 8 nitrogen and oxygen atoms in total. The summed E-state index contributed by atoms with van der Waals surface area (Å²) < 4.78 is 10.8. The summed E-state index contributed by atoms with van der Waals surface area (Å²) in [6, 6.07) is 5.90. The number of nitrogens with zero attached hydrogens (tertiary/aromatic N) is 3. The summed E-state index contributed by atoms with van der Waals surface area (Å²) in [5.41, 5.74) is 16.3. The molecular formula is C21H31ClN6O2. The zero-order valence-electron chi connectivity index (χ0n) is 17.2. The average molecular weight is 435 g/mol. The van der Waals surface area contributed by atoms with Gasteiger partial charge in [0.05, 0.1) is 32.1 Å². The van der Waals surface area contributed by atoms with E-state index in [0.717, 1.165) is 69.2 Å². The van der Waals surface area contributed by atoms with Gasteiger partial charge in [-0.15, -0.1) is 0 Å². The zero-order valence-corrected chi connectivity index (χ0v) is 18.0. The normalized spacial score (nSPS) is 24.7. The Morgan fingerprint density at radius 1 is 1.13 bits per heavy atom. The molecule has 2 fully saturated rings. The maximum absolute atomic E-state index is 6.45. The van der Waals surface area contributed by atoms with Gasteiger partial charge in [0.1, 0.15) is 5.16 Å². The first-order valence-corrected chi connectivity index (χ1v) is 11.0. The lowest BCUT2D eigenvalue weighted by molar-refractivity contribution is 0.0134. The summed E-state index contributed by atoms with van der Waals surface area (Å²) in [6.45, 7) is 7.51. The number of nitrogens with two attached hydrogens (primary N) is 2. The van der Waals surface area contributed by atoms with Crippen molar-refractivity contribution < 1.29 is 9.47 Å². The second kappa shape index (κ2) is 10.1. The minimum absolute atomic E-state index is 0.0999. The van der Waals surface area contributed by atoms with Gasteiger partial charge < -0.3 is 26.3 Å². The van der Waals surface area contributed by atoms with Crippen LogP contribution in [-0.2, 0) is 9.47 Å². The number of hydrogen-bond acceptors (Lipinski definition) is 8. The highest BCUT2D eigenvalue weighted by atomic mass is 35.5. The quantitative estimate of drug-likeness (QED) is 0.455. The van der Waals surface area contributed by atoms with Crippen LogP contribution in [0.15, 0.2) is 34.4 Å². The molecular weight excluding hydrogens is 404 g/mol. The van der Waals surface area contributed by atoms with Gasteiger partial charge in [0.25, 0.3) is 0 Å². The maximum Gasteiger partial charge on any atom is 0.177 e. The van der Waals surface area contributed by atoms with E-state index in [2.05, 4.69) is 15.1 Å². The Labute approximate surface area is 182 Å². The summed E-state index contributed by atoms with van der Waals surface area (Å²) in [4.78, 5) is 9.45. The number of benzene rings is 1. The third kappa shape index (κ3) is 5.32. The van der Waals surface area contributed by atoms with Crippen LogP contribution >= 0.6 is 11.6 Å². The van der Waals surface area contributed by atoms with Gasteiger partial charge in [0.2, 0.25) is 0 Å². The van der Waals surface area contributed by atoms with E-state index in [0.29, 0.717) is 24.1 Å². The van der Waals surface area contributed by atoms with E-state index in [1.54, 1.807) is 0 Å². The number of rotatable bonds is 6. The molecule has 0 radical (unpaired) electrons. The molecule has 30 heavy (non-hydrogen) atoms. The first-order valence-electron chi connectivity index (χ1n) is 10.6. The van der Waals surface area contributed by atoms with Crippen molar-refractivity contribution in [2.75, 3.05) is 64.9 Å². The van der Waals surface area contributed by atoms with Gasteiger partial charge in [0.15, 0.2) is 6.29 Å². The van der Waals surface area contributed by atoms with Crippen molar-refractivity contribution >= 4 is 23.0 Å². The minimum Gasteiger partial charge on any atom is -0.398 e. The number of nitrogen functional groups attached to an aromatic ring is 1. The molecule has 0 aliphatic carbocycles. The van der Waals surface area contributed by atoms with E-state index in [-0.39, 0.29) is 12.3 Å². The standard InChI is InChI=1S/C21H31ClN6O2/c22-20-14-19(25-21(26-20)28-7-11-30-12-8-28)15-1-2-16(18(24)13-15)17(23)3-4-27-5-9-29-10-6-27/h1-2,13-14,17,21,26H,3-12,23-24H2. The third-order valence-corrected chi connectivity index (χ3v) is 6.04. The summed E-state index contributed by atoms with van der Waals surface area (Å²) in [5.74, 6) is 0. The third-order valence-electron chi connectivity index (χ3n) is 5.83. The Balaban J connectivity index is 1.44. The molecule has 2 unspecified atom stereocenters. The summed E-state index contributed by atoms with van der Waals surface area (Å²) in [5, 5.41) is 3.79. The van der Waals surface area contributed by atoms with E-state index in [1.165, 1.54) is 0 Å². The van der Waals surface area contributed by atoms with Crippen LogP contribution < -0.4 is 16.8 Å². The molecule has 9 heteroatoms. The fourth-order valence-electron chi connectivity index (χ4n) is 4.01. The van der Waals surface area contributed by atoms with Crippen LogP contribution in [0.5, 0.6) is 0 Å². The van der Waals surface area contributed by atoms with Crippen molar-refractivity contribution in [1.29, 1.82) is 0 Å². The number of allylic oxidation sites excluding steroid dienone is 1. The molecule has 3 aliphatic heterocycles. The minimum atomic E-state index is -0.196. The molecule has 3 heterocycles. The van der Waals surface area contributed by atoms with Crippen molar-refractivity contribution in [3.05, 3.63) is 40.6 Å². The number of hydrogen-bond donors (Lipinski definition) is 3. The lowest BCUT2D eigenvalue weighted by Crippen LogP contribution is -2.50. The maximum atomic E-state index is 6.45. The van der Waals surface area contributed by atoms with E-state index in [1.807, 2.05) is 24.3 Å². The Morgan fingerprint density at radius 2 is 1.83 bits per heavy atom. The van der Waals surface area contributed by atoms with E-state index in [4.69, 9.17) is 37.5 Å². The summed E-state index contributed by atoms with van der Waals surface area (Å²) >= 11 is 6.36. The van der Waals surface area contributed by atoms with Gasteiger partial charge in [0, 0.05) is 50.0 Å². The Hall–Kier alpha value is -1.68. The average Bonchev–Trinajstić information content (AvgIpc) is 2.78. The van der Waals surface area contributed by atoms with Crippen LogP contribution in [0.3, 0.4) is 0 Å². The number of anilines is 1. The Kier molecular flexibility index (Phi) is 7.24. The SMILES string of the molecule is Nc1cc(C2=NC(N3CCOCC3)NC(Cl)=C2)ccc1C(N)CCN1CCOCC1. The molecule has 0 bridgehead atoms. The van der Waals surface area contributed by atoms with Gasteiger partial charge in [-0.25, -0.2) is 4.99 Å². The Bertz CT molecular complexity index is 790. The van der Waals surface area contributed by atoms with Crippen molar-refractivity contribution in [3.8, 4) is 0 Å². The summed E-state index contributed by atoms with van der Waals surface area (Å²) in [7, 11) is 0. The van der Waals surface area contributed by atoms with Crippen LogP contribution in [0.2, 0.25) is 0 Å². The lowest BCUT2D eigenvalue weighted by Gasteiger charge is -2.34. The molecule has 1 aromatic carbocycles. The van der Waals surface area contributed by atoms with Gasteiger partial charge in [-0.3, -0.25) is 9.80 Å². The van der Waals surface area contributed by atoms with E-state index < -0.39 is 0 Å². The molecule has 0 spiro atoms. The number of nitrogens with one attached hydrogen (secondary N) is 1. The predicted octanol–water partition coefficient (Wildman–Crippen LogP) is 1.08. The van der Waals surface area contributed by atoms with Crippen LogP contribution in [0.4, 0.5) is 5.69 Å². The monoisotopic (exact) mass is 434 g/mol. The Morgan fingerprint density at radius 3 is 2.53 bits per heavy atom. The highest BCUT2D eigenvalue weighted by Gasteiger charge is 2.24. The molecule has 2 saturated heterocycles. The molecule has 4 rings (SSSR count). The van der Waals surface area contributed by atoms with Crippen LogP contribution in [-0.4, -0.2) is 81.0 Å². The molecule has 5 N–H and O–H groups in total. The number of aliphatic imine (C=N–C) groups is 1. The molecule has 3 aliphatic rings. The number of ether oxygens (including phenoxy) is 2. The molecule has 0 aromatic heterocycles. The van der Waals surface area contributed by atoms with Crippen LogP contribution in [0, 0.1) is 0 Å². The van der Waals surface area contributed by atoms with Gasteiger partial charge in [-0.1, -0.05) is 23.7 Å². The highest BCUT2D eigenvalue weighted by Crippen LogP contribution is 2.25. The van der Waals surface area contributed by atoms with Gasteiger partial charge >= 0.3 is 0 Å². The van der Waals surface area contributed by atoms with E-state index >= 15 is 0 Å². The predicted molar refractivity (Wildman–Crippen MR) is 119 cm³/mol. The fraction of sp³-hybridized carbons (Fsp3) is 0.571. The number of halogens is 1. The molecule has 0 amide bonds. The van der Waals surface area contributed by atoms with Crippen LogP contribution in [0.25, 0.3) is 0 Å². The number of morpholine rings is 2. The first kappa shape index (κ1) is 21.5. The molecule has 164 valence electrons. The van der Waals surface area contributed by atoms with Crippen molar-refractivity contribution in [2.45, 2.75) is 18.8 Å². The second-order valence-corrected chi connectivity index (χ2v) is 8.27. The van der Waals surface area contributed by atoms with Crippen molar-refractivity contribution in [2.24, 2.45) is 10.7 Å². The first-order chi connectivity index (χ1) is 14.6. The van der Waals surface area contributed by atoms with Crippen molar-refractivity contribution in [1.82, 2.24) is 15.1 Å². The van der Waals surface area contributed by atoms with Crippen LogP contribution in [0.1, 0.15) is 23.6 Å². The molecule has 0 saturated carbocycles. The molecule has 1 aromatic rings.